The molecule has 0 bridgehead atoms. The average molecular weight is 359 g/mol. The molecule has 1 aliphatic rings. The lowest BCUT2D eigenvalue weighted by molar-refractivity contribution is -0.117. The summed E-state index contributed by atoms with van der Waals surface area (Å²) in [4.78, 5) is 18.9. The summed E-state index contributed by atoms with van der Waals surface area (Å²) in [6, 6.07) is 4.33. The molecule has 1 saturated heterocycles. The van der Waals surface area contributed by atoms with Crippen molar-refractivity contribution in [2.45, 2.75) is 39.7 Å². The largest absolute Gasteiger partial charge is 0.393 e. The van der Waals surface area contributed by atoms with E-state index in [1.807, 2.05) is 5.38 Å². The lowest BCUT2D eigenvalue weighted by Gasteiger charge is -2.28. The Hall–Kier alpha value is -1.76. The van der Waals surface area contributed by atoms with E-state index in [1.54, 1.807) is 0 Å². The number of aliphatic hydroxyl groups is 1. The summed E-state index contributed by atoms with van der Waals surface area (Å²) >= 11 is 1.45. The molecule has 0 saturated carbocycles. The van der Waals surface area contributed by atoms with Crippen LogP contribution in [0.2, 0.25) is 0 Å². The summed E-state index contributed by atoms with van der Waals surface area (Å²) in [5.74, 6) is -0.0471. The van der Waals surface area contributed by atoms with Crippen LogP contribution in [0.3, 0.4) is 0 Å². The molecule has 2 aromatic rings. The van der Waals surface area contributed by atoms with Gasteiger partial charge in [-0.05, 0) is 56.4 Å². The lowest BCUT2D eigenvalue weighted by atomic mass is 9.99. The van der Waals surface area contributed by atoms with Crippen LogP contribution in [0.4, 0.5) is 5.13 Å². The zero-order valence-electron chi connectivity index (χ0n) is 15.0. The van der Waals surface area contributed by atoms with Crippen molar-refractivity contribution in [2.75, 3.05) is 25.0 Å². The van der Waals surface area contributed by atoms with Gasteiger partial charge in [-0.2, -0.15) is 0 Å². The first-order valence-electron chi connectivity index (χ1n) is 8.66. The fourth-order valence-corrected chi connectivity index (χ4v) is 3.86. The molecule has 134 valence electrons. The Balaban J connectivity index is 1.64. The third-order valence-corrected chi connectivity index (χ3v) is 5.55. The number of hydrogen-bond donors (Lipinski definition) is 2. The molecule has 25 heavy (non-hydrogen) atoms. The van der Waals surface area contributed by atoms with Gasteiger partial charge in [0.15, 0.2) is 5.13 Å². The van der Waals surface area contributed by atoms with Gasteiger partial charge in [-0.15, -0.1) is 11.3 Å². The number of benzene rings is 1. The molecule has 1 aromatic heterocycles. The number of piperidine rings is 1. The summed E-state index contributed by atoms with van der Waals surface area (Å²) in [5, 5.41) is 15.1. The predicted molar refractivity (Wildman–Crippen MR) is 102 cm³/mol. The minimum Gasteiger partial charge on any atom is -0.393 e. The van der Waals surface area contributed by atoms with Gasteiger partial charge < -0.3 is 10.4 Å². The highest BCUT2D eigenvalue weighted by atomic mass is 32.1. The smallest absolute Gasteiger partial charge is 0.240 e. The van der Waals surface area contributed by atoms with Gasteiger partial charge in [0.25, 0.3) is 0 Å². The molecule has 5 nitrogen and oxygen atoms in total. The van der Waals surface area contributed by atoms with Crippen molar-refractivity contribution >= 4 is 22.4 Å². The number of aliphatic hydroxyl groups excluding tert-OH is 1. The van der Waals surface area contributed by atoms with Crippen LogP contribution >= 0.6 is 11.3 Å². The molecule has 2 N–H and O–H groups in total. The van der Waals surface area contributed by atoms with Crippen molar-refractivity contribution in [3.63, 3.8) is 0 Å². The van der Waals surface area contributed by atoms with E-state index < -0.39 is 0 Å². The van der Waals surface area contributed by atoms with Gasteiger partial charge in [0.1, 0.15) is 0 Å². The topological polar surface area (TPSA) is 65.5 Å². The van der Waals surface area contributed by atoms with Crippen molar-refractivity contribution in [1.82, 2.24) is 9.88 Å². The third kappa shape index (κ3) is 4.45. The Bertz CT molecular complexity index is 764. The molecule has 0 aliphatic carbocycles. The fourth-order valence-electron chi connectivity index (χ4n) is 3.13. The van der Waals surface area contributed by atoms with Gasteiger partial charge in [-0.3, -0.25) is 9.69 Å². The second-order valence-corrected chi connectivity index (χ2v) is 7.70. The highest BCUT2D eigenvalue weighted by Crippen LogP contribution is 2.29. The van der Waals surface area contributed by atoms with E-state index in [-0.39, 0.29) is 12.0 Å². The van der Waals surface area contributed by atoms with Crippen LogP contribution in [0.5, 0.6) is 0 Å². The Labute approximate surface area is 152 Å². The number of nitrogens with zero attached hydrogens (tertiary/aromatic N) is 2. The number of nitrogens with one attached hydrogen (secondary N) is 1. The van der Waals surface area contributed by atoms with Crippen molar-refractivity contribution < 1.29 is 9.90 Å². The first-order chi connectivity index (χ1) is 11.9. The standard InChI is InChI=1S/C19H25N3O2S/c1-12-8-14(3)16(9-13(12)2)17-11-25-19(20-17)21-18(24)10-22-6-4-15(23)5-7-22/h8-9,11,15,23H,4-7,10H2,1-3H3,(H,20,21,24). The Morgan fingerprint density at radius 2 is 1.92 bits per heavy atom. The number of likely N-dealkylation sites (tertiary alicyclic amines) is 1. The van der Waals surface area contributed by atoms with Gasteiger partial charge >= 0.3 is 0 Å². The number of carbonyl (C=O) groups is 1. The SMILES string of the molecule is Cc1cc(C)c(-c2csc(NC(=O)CN3CCC(O)CC3)n2)cc1C. The second kappa shape index (κ2) is 7.64. The van der Waals surface area contributed by atoms with Crippen LogP contribution in [-0.4, -0.2) is 46.6 Å². The van der Waals surface area contributed by atoms with E-state index in [1.165, 1.54) is 28.0 Å². The van der Waals surface area contributed by atoms with Crippen LogP contribution in [0.25, 0.3) is 11.3 Å². The Morgan fingerprint density at radius 3 is 2.64 bits per heavy atom. The van der Waals surface area contributed by atoms with Crippen molar-refractivity contribution in [3.8, 4) is 11.3 Å². The number of hydrogen-bond acceptors (Lipinski definition) is 5. The van der Waals surface area contributed by atoms with Gasteiger partial charge in [-0.1, -0.05) is 6.07 Å². The Kier molecular flexibility index (Phi) is 5.51. The van der Waals surface area contributed by atoms with Crippen LogP contribution in [0.15, 0.2) is 17.5 Å². The van der Waals surface area contributed by atoms with E-state index in [0.717, 1.165) is 37.2 Å². The summed E-state index contributed by atoms with van der Waals surface area (Å²) in [6.45, 7) is 8.18. The molecule has 1 aromatic carbocycles. The molecule has 0 atom stereocenters. The molecule has 0 unspecified atom stereocenters. The molecule has 2 heterocycles. The normalized spacial score (nSPS) is 16.2. The van der Waals surface area contributed by atoms with E-state index in [0.29, 0.717) is 11.7 Å². The lowest BCUT2D eigenvalue weighted by Crippen LogP contribution is -2.40. The van der Waals surface area contributed by atoms with Gasteiger partial charge in [0.2, 0.25) is 5.91 Å². The molecule has 1 fully saturated rings. The van der Waals surface area contributed by atoms with Crippen LogP contribution < -0.4 is 5.32 Å². The Morgan fingerprint density at radius 1 is 1.24 bits per heavy atom. The average Bonchev–Trinajstić information content (AvgIpc) is 3.01. The van der Waals surface area contributed by atoms with Crippen LogP contribution in [0.1, 0.15) is 29.5 Å². The number of aromatic nitrogens is 1. The maximum absolute atomic E-state index is 12.2. The number of anilines is 1. The van der Waals surface area contributed by atoms with Crippen molar-refractivity contribution in [2.24, 2.45) is 0 Å². The zero-order valence-corrected chi connectivity index (χ0v) is 15.8. The molecule has 1 aliphatic heterocycles. The van der Waals surface area contributed by atoms with E-state index >= 15 is 0 Å². The monoisotopic (exact) mass is 359 g/mol. The number of amides is 1. The molecular formula is C19H25N3O2S. The first kappa shape index (κ1) is 18.0. The predicted octanol–water partition coefficient (Wildman–Crippen LogP) is 3.13. The van der Waals surface area contributed by atoms with Gasteiger partial charge in [-0.25, -0.2) is 4.98 Å². The molecular weight excluding hydrogens is 334 g/mol. The maximum Gasteiger partial charge on any atom is 0.240 e. The maximum atomic E-state index is 12.2. The van der Waals surface area contributed by atoms with Crippen LogP contribution in [-0.2, 0) is 4.79 Å². The molecule has 1 amide bonds. The zero-order chi connectivity index (χ0) is 18.0. The number of rotatable bonds is 4. The van der Waals surface area contributed by atoms with E-state index in [4.69, 9.17) is 0 Å². The van der Waals surface area contributed by atoms with E-state index in [9.17, 15) is 9.90 Å². The summed E-state index contributed by atoms with van der Waals surface area (Å²) in [7, 11) is 0. The molecule has 3 rings (SSSR count). The summed E-state index contributed by atoms with van der Waals surface area (Å²) in [6.07, 6.45) is 1.25. The minimum absolute atomic E-state index is 0.0471. The van der Waals surface area contributed by atoms with E-state index in [2.05, 4.69) is 48.1 Å². The fraction of sp³-hybridized carbons (Fsp3) is 0.474. The summed E-state index contributed by atoms with van der Waals surface area (Å²) in [5.41, 5.74) is 5.73. The number of aryl methyl sites for hydroxylation is 3. The number of carbonyl (C=O) groups excluding carboxylic acids is 1. The third-order valence-electron chi connectivity index (χ3n) is 4.79. The highest BCUT2D eigenvalue weighted by Gasteiger charge is 2.19. The molecule has 0 radical (unpaired) electrons. The van der Waals surface area contributed by atoms with Gasteiger partial charge in [0, 0.05) is 24.0 Å². The number of thiazole rings is 1. The highest BCUT2D eigenvalue weighted by molar-refractivity contribution is 7.14. The van der Waals surface area contributed by atoms with Crippen molar-refractivity contribution in [1.29, 1.82) is 0 Å². The van der Waals surface area contributed by atoms with Crippen LogP contribution in [0, 0.1) is 20.8 Å². The quantitative estimate of drug-likeness (QED) is 0.880. The minimum atomic E-state index is -0.220. The van der Waals surface area contributed by atoms with Crippen molar-refractivity contribution in [3.05, 3.63) is 34.2 Å². The summed E-state index contributed by atoms with van der Waals surface area (Å²) < 4.78 is 0. The second-order valence-electron chi connectivity index (χ2n) is 6.84. The molecule has 6 heteroatoms. The first-order valence-corrected chi connectivity index (χ1v) is 9.54. The molecule has 0 spiro atoms. The van der Waals surface area contributed by atoms with Gasteiger partial charge in [0.05, 0.1) is 18.3 Å².